The third kappa shape index (κ3) is 4.37. The van der Waals surface area contributed by atoms with E-state index < -0.39 is 0 Å². The number of amides is 1. The molecule has 0 aromatic heterocycles. The van der Waals surface area contributed by atoms with Gasteiger partial charge in [-0.05, 0) is 31.0 Å². The van der Waals surface area contributed by atoms with E-state index in [-0.39, 0.29) is 24.2 Å². The van der Waals surface area contributed by atoms with Crippen molar-refractivity contribution in [1.82, 2.24) is 10.2 Å². The van der Waals surface area contributed by atoms with E-state index in [0.717, 1.165) is 36.5 Å². The molecular formula is C14H20Cl2N2O. The second-order valence-electron chi connectivity index (χ2n) is 4.83. The molecule has 1 heterocycles. The first kappa shape index (κ1) is 16.3. The fourth-order valence-electron chi connectivity index (χ4n) is 2.33. The maximum absolute atomic E-state index is 12.3. The van der Waals surface area contributed by atoms with Crippen molar-refractivity contribution in [2.75, 3.05) is 20.1 Å². The summed E-state index contributed by atoms with van der Waals surface area (Å²) in [6.45, 7) is 2.40. The van der Waals surface area contributed by atoms with E-state index in [1.807, 2.05) is 31.3 Å². The highest BCUT2D eigenvalue weighted by Crippen LogP contribution is 2.19. The van der Waals surface area contributed by atoms with Crippen LogP contribution in [0.15, 0.2) is 24.3 Å². The SMILES string of the molecule is CN(Cc1ccccc1Cl)C(=O)[C@@H]1CCCNC1.Cl. The van der Waals surface area contributed by atoms with Gasteiger partial charge in [0.25, 0.3) is 0 Å². The molecule has 1 saturated heterocycles. The molecule has 0 aliphatic carbocycles. The van der Waals surface area contributed by atoms with Gasteiger partial charge in [0.15, 0.2) is 0 Å². The van der Waals surface area contributed by atoms with Gasteiger partial charge in [0.05, 0.1) is 5.92 Å². The van der Waals surface area contributed by atoms with Crippen LogP contribution in [-0.2, 0) is 11.3 Å². The van der Waals surface area contributed by atoms with Gasteiger partial charge in [-0.15, -0.1) is 12.4 Å². The van der Waals surface area contributed by atoms with E-state index in [4.69, 9.17) is 11.6 Å². The largest absolute Gasteiger partial charge is 0.341 e. The van der Waals surface area contributed by atoms with Gasteiger partial charge in [-0.2, -0.15) is 0 Å². The molecule has 1 N–H and O–H groups in total. The van der Waals surface area contributed by atoms with Crippen molar-refractivity contribution in [1.29, 1.82) is 0 Å². The lowest BCUT2D eigenvalue weighted by Gasteiger charge is -2.27. The number of nitrogens with one attached hydrogen (secondary N) is 1. The first-order chi connectivity index (χ1) is 8.68. The van der Waals surface area contributed by atoms with Crippen molar-refractivity contribution < 1.29 is 4.79 Å². The summed E-state index contributed by atoms with van der Waals surface area (Å²) in [5.74, 6) is 0.327. The fourth-order valence-corrected chi connectivity index (χ4v) is 2.53. The number of halogens is 2. The number of hydrogen-bond donors (Lipinski definition) is 1. The van der Waals surface area contributed by atoms with Crippen molar-refractivity contribution in [3.63, 3.8) is 0 Å². The molecule has 0 saturated carbocycles. The number of nitrogens with zero attached hydrogens (tertiary/aromatic N) is 1. The smallest absolute Gasteiger partial charge is 0.227 e. The van der Waals surface area contributed by atoms with Crippen molar-refractivity contribution in [3.8, 4) is 0 Å². The van der Waals surface area contributed by atoms with E-state index >= 15 is 0 Å². The number of hydrogen-bond acceptors (Lipinski definition) is 2. The van der Waals surface area contributed by atoms with Gasteiger partial charge in [-0.1, -0.05) is 29.8 Å². The monoisotopic (exact) mass is 302 g/mol. The molecule has 1 fully saturated rings. The Morgan fingerprint density at radius 1 is 1.47 bits per heavy atom. The third-order valence-electron chi connectivity index (χ3n) is 3.39. The Morgan fingerprint density at radius 3 is 2.84 bits per heavy atom. The van der Waals surface area contributed by atoms with Crippen LogP contribution < -0.4 is 5.32 Å². The highest BCUT2D eigenvalue weighted by Gasteiger charge is 2.24. The molecule has 1 aliphatic rings. The highest BCUT2D eigenvalue weighted by molar-refractivity contribution is 6.31. The van der Waals surface area contributed by atoms with Crippen molar-refractivity contribution in [3.05, 3.63) is 34.9 Å². The minimum atomic E-state index is 0. The Bertz CT molecular complexity index is 420. The van der Waals surface area contributed by atoms with E-state index in [1.165, 1.54) is 0 Å². The van der Waals surface area contributed by atoms with E-state index in [2.05, 4.69) is 5.32 Å². The lowest BCUT2D eigenvalue weighted by Crippen LogP contribution is -2.41. The van der Waals surface area contributed by atoms with E-state index in [9.17, 15) is 4.79 Å². The summed E-state index contributed by atoms with van der Waals surface area (Å²) in [6.07, 6.45) is 2.06. The molecule has 5 heteroatoms. The average Bonchev–Trinajstić information content (AvgIpc) is 2.41. The summed E-state index contributed by atoms with van der Waals surface area (Å²) in [5, 5.41) is 3.99. The summed E-state index contributed by atoms with van der Waals surface area (Å²) < 4.78 is 0. The highest BCUT2D eigenvalue weighted by atomic mass is 35.5. The van der Waals surface area contributed by atoms with Crippen LogP contribution in [0.1, 0.15) is 18.4 Å². The van der Waals surface area contributed by atoms with E-state index in [1.54, 1.807) is 4.90 Å². The molecule has 106 valence electrons. The van der Waals surface area contributed by atoms with Crippen LogP contribution in [0.4, 0.5) is 0 Å². The van der Waals surface area contributed by atoms with Gasteiger partial charge in [-0.3, -0.25) is 4.79 Å². The third-order valence-corrected chi connectivity index (χ3v) is 3.76. The van der Waals surface area contributed by atoms with Crippen LogP contribution in [0.25, 0.3) is 0 Å². The topological polar surface area (TPSA) is 32.3 Å². The lowest BCUT2D eigenvalue weighted by molar-refractivity contribution is -0.135. The molecule has 2 rings (SSSR count). The number of carbonyl (C=O) groups is 1. The minimum Gasteiger partial charge on any atom is -0.341 e. The molecule has 0 spiro atoms. The molecule has 1 amide bonds. The Hall–Kier alpha value is -0.770. The summed E-state index contributed by atoms with van der Waals surface area (Å²) in [6, 6.07) is 7.67. The number of rotatable bonds is 3. The van der Waals surface area contributed by atoms with Crippen LogP contribution in [0.2, 0.25) is 5.02 Å². The number of piperidine rings is 1. The van der Waals surface area contributed by atoms with Crippen LogP contribution in [0.5, 0.6) is 0 Å². The van der Waals surface area contributed by atoms with Crippen LogP contribution >= 0.6 is 24.0 Å². The Morgan fingerprint density at radius 2 is 2.21 bits per heavy atom. The summed E-state index contributed by atoms with van der Waals surface area (Å²) in [4.78, 5) is 14.0. The van der Waals surface area contributed by atoms with E-state index in [0.29, 0.717) is 6.54 Å². The normalized spacial score (nSPS) is 18.5. The summed E-state index contributed by atoms with van der Waals surface area (Å²) >= 11 is 6.11. The van der Waals surface area contributed by atoms with Gasteiger partial charge in [0.1, 0.15) is 0 Å². The molecule has 0 bridgehead atoms. The predicted molar refractivity (Wildman–Crippen MR) is 80.8 cm³/mol. The van der Waals surface area contributed by atoms with Gasteiger partial charge >= 0.3 is 0 Å². The number of carbonyl (C=O) groups excluding carboxylic acids is 1. The minimum absolute atomic E-state index is 0. The molecule has 1 aromatic rings. The average molecular weight is 303 g/mol. The molecule has 19 heavy (non-hydrogen) atoms. The molecular weight excluding hydrogens is 283 g/mol. The van der Waals surface area contributed by atoms with Gasteiger partial charge < -0.3 is 10.2 Å². The van der Waals surface area contributed by atoms with Crippen LogP contribution in [0.3, 0.4) is 0 Å². The van der Waals surface area contributed by atoms with Gasteiger partial charge in [0, 0.05) is 25.2 Å². The van der Waals surface area contributed by atoms with Crippen molar-refractivity contribution in [2.24, 2.45) is 5.92 Å². The molecule has 1 aliphatic heterocycles. The Kier molecular flexibility index (Phi) is 6.63. The second kappa shape index (κ2) is 7.73. The maximum Gasteiger partial charge on any atom is 0.227 e. The molecule has 1 aromatic carbocycles. The van der Waals surface area contributed by atoms with Gasteiger partial charge in [-0.25, -0.2) is 0 Å². The first-order valence-corrected chi connectivity index (χ1v) is 6.75. The lowest BCUT2D eigenvalue weighted by atomic mass is 9.98. The Labute approximate surface area is 125 Å². The molecule has 0 unspecified atom stereocenters. The summed E-state index contributed by atoms with van der Waals surface area (Å²) in [5.41, 5.74) is 0.999. The van der Waals surface area contributed by atoms with Crippen LogP contribution in [-0.4, -0.2) is 30.9 Å². The van der Waals surface area contributed by atoms with Crippen molar-refractivity contribution in [2.45, 2.75) is 19.4 Å². The molecule has 0 radical (unpaired) electrons. The zero-order valence-electron chi connectivity index (χ0n) is 11.1. The second-order valence-corrected chi connectivity index (χ2v) is 5.24. The van der Waals surface area contributed by atoms with Crippen LogP contribution in [0, 0.1) is 5.92 Å². The Balaban J connectivity index is 0.00000180. The fraction of sp³-hybridized carbons (Fsp3) is 0.500. The number of benzene rings is 1. The zero-order chi connectivity index (χ0) is 13.0. The zero-order valence-corrected chi connectivity index (χ0v) is 12.6. The standard InChI is InChI=1S/C14H19ClN2O.ClH/c1-17(10-12-5-2-3-7-13(12)15)14(18)11-6-4-8-16-9-11;/h2-3,5,7,11,16H,4,6,8-10H2,1H3;1H/t11-;/m1./s1. The summed E-state index contributed by atoms with van der Waals surface area (Å²) in [7, 11) is 1.85. The van der Waals surface area contributed by atoms with Crippen molar-refractivity contribution >= 4 is 29.9 Å². The first-order valence-electron chi connectivity index (χ1n) is 6.37. The predicted octanol–water partition coefficient (Wildman–Crippen LogP) is 2.72. The maximum atomic E-state index is 12.3. The van der Waals surface area contributed by atoms with Gasteiger partial charge in [0.2, 0.25) is 5.91 Å². The quantitative estimate of drug-likeness (QED) is 0.931. The molecule has 3 nitrogen and oxygen atoms in total. The molecule has 1 atom stereocenters.